The average molecular weight is 357 g/mol. The van der Waals surface area contributed by atoms with Gasteiger partial charge in [0.05, 0.1) is 0 Å². The first kappa shape index (κ1) is 16.1. The van der Waals surface area contributed by atoms with Crippen molar-refractivity contribution in [2.24, 2.45) is 0 Å². The standard InChI is InChI=1S/C14H8ClF3N4O2/c15-13-19-6-5-11(21-13)20-12-7-10(22-24-12)8-1-3-9(4-2-8)23-14(16,17)18/h1-7H,(H,19,20,21). The van der Waals surface area contributed by atoms with E-state index in [0.29, 0.717) is 17.1 Å². The normalized spacial score (nSPS) is 11.3. The molecular weight excluding hydrogens is 349 g/mol. The molecule has 0 aliphatic heterocycles. The summed E-state index contributed by atoms with van der Waals surface area (Å²) in [6.45, 7) is 0. The third-order valence-electron chi connectivity index (χ3n) is 2.77. The Labute approximate surface area is 138 Å². The topological polar surface area (TPSA) is 73.1 Å². The lowest BCUT2D eigenvalue weighted by molar-refractivity contribution is -0.274. The molecule has 0 fully saturated rings. The van der Waals surface area contributed by atoms with E-state index < -0.39 is 6.36 Å². The molecule has 0 aliphatic carbocycles. The second kappa shape index (κ2) is 6.36. The van der Waals surface area contributed by atoms with E-state index in [0.717, 1.165) is 0 Å². The van der Waals surface area contributed by atoms with Crippen LogP contribution in [0.2, 0.25) is 5.28 Å². The molecule has 0 amide bonds. The minimum Gasteiger partial charge on any atom is -0.406 e. The van der Waals surface area contributed by atoms with Crippen molar-refractivity contribution < 1.29 is 22.4 Å². The SMILES string of the molecule is FC(F)(F)Oc1ccc(-c2cc(Nc3ccnc(Cl)n3)on2)cc1. The van der Waals surface area contributed by atoms with Crippen LogP contribution in [-0.4, -0.2) is 21.5 Å². The van der Waals surface area contributed by atoms with E-state index in [4.69, 9.17) is 16.1 Å². The first-order valence-electron chi connectivity index (χ1n) is 6.47. The highest BCUT2D eigenvalue weighted by molar-refractivity contribution is 6.28. The zero-order valence-corrected chi connectivity index (χ0v) is 12.5. The molecule has 124 valence electrons. The molecule has 0 spiro atoms. The number of nitrogens with one attached hydrogen (secondary N) is 1. The molecule has 1 N–H and O–H groups in total. The lowest BCUT2D eigenvalue weighted by atomic mass is 10.1. The molecule has 2 heterocycles. The van der Waals surface area contributed by atoms with Gasteiger partial charge in [-0.2, -0.15) is 0 Å². The molecule has 0 unspecified atom stereocenters. The number of alkyl halides is 3. The maximum atomic E-state index is 12.1. The molecule has 0 aliphatic rings. The summed E-state index contributed by atoms with van der Waals surface area (Å²) in [4.78, 5) is 7.67. The van der Waals surface area contributed by atoms with E-state index >= 15 is 0 Å². The van der Waals surface area contributed by atoms with Gasteiger partial charge in [0.1, 0.15) is 17.3 Å². The highest BCUT2D eigenvalue weighted by Gasteiger charge is 2.31. The number of nitrogens with zero attached hydrogens (tertiary/aromatic N) is 3. The maximum Gasteiger partial charge on any atom is 0.573 e. The fourth-order valence-electron chi connectivity index (χ4n) is 1.83. The predicted octanol–water partition coefficient (Wildman–Crippen LogP) is 4.43. The van der Waals surface area contributed by atoms with Crippen LogP contribution in [0.5, 0.6) is 5.75 Å². The molecule has 10 heteroatoms. The van der Waals surface area contributed by atoms with Crippen LogP contribution in [0.4, 0.5) is 24.9 Å². The van der Waals surface area contributed by atoms with Crippen LogP contribution in [0.15, 0.2) is 47.1 Å². The van der Waals surface area contributed by atoms with E-state index in [9.17, 15) is 13.2 Å². The molecule has 3 rings (SSSR count). The molecule has 1 aromatic carbocycles. The molecule has 0 radical (unpaired) electrons. The van der Waals surface area contributed by atoms with Crippen LogP contribution in [0, 0.1) is 0 Å². The van der Waals surface area contributed by atoms with Crippen LogP contribution >= 0.6 is 11.6 Å². The first-order chi connectivity index (χ1) is 11.4. The van der Waals surface area contributed by atoms with Gasteiger partial charge in [0.2, 0.25) is 11.2 Å². The van der Waals surface area contributed by atoms with E-state index in [-0.39, 0.29) is 16.9 Å². The fourth-order valence-corrected chi connectivity index (χ4v) is 1.98. The zero-order chi connectivity index (χ0) is 17.2. The number of hydrogen-bond acceptors (Lipinski definition) is 6. The van der Waals surface area contributed by atoms with E-state index in [1.54, 1.807) is 12.1 Å². The van der Waals surface area contributed by atoms with Gasteiger partial charge in [-0.15, -0.1) is 13.2 Å². The van der Waals surface area contributed by atoms with Crippen molar-refractivity contribution in [3.63, 3.8) is 0 Å². The van der Waals surface area contributed by atoms with Crippen molar-refractivity contribution in [2.75, 3.05) is 5.32 Å². The van der Waals surface area contributed by atoms with Crippen molar-refractivity contribution in [3.05, 3.63) is 47.9 Å². The summed E-state index contributed by atoms with van der Waals surface area (Å²) in [5.74, 6) is 0.380. The van der Waals surface area contributed by atoms with Gasteiger partial charge in [0.15, 0.2) is 0 Å². The van der Waals surface area contributed by atoms with Crippen LogP contribution < -0.4 is 10.1 Å². The van der Waals surface area contributed by atoms with E-state index in [1.165, 1.54) is 30.5 Å². The Kier molecular flexibility index (Phi) is 4.26. The van der Waals surface area contributed by atoms with Crippen LogP contribution in [0.25, 0.3) is 11.3 Å². The minimum atomic E-state index is -4.73. The summed E-state index contributed by atoms with van der Waals surface area (Å²) in [7, 11) is 0. The number of hydrogen-bond donors (Lipinski definition) is 1. The van der Waals surface area contributed by atoms with Gasteiger partial charge >= 0.3 is 6.36 Å². The van der Waals surface area contributed by atoms with E-state index in [1.807, 2.05) is 0 Å². The summed E-state index contributed by atoms with van der Waals surface area (Å²) in [5.41, 5.74) is 0.984. The van der Waals surface area contributed by atoms with Gasteiger partial charge in [-0.3, -0.25) is 0 Å². The van der Waals surface area contributed by atoms with Crippen molar-refractivity contribution in [2.45, 2.75) is 6.36 Å². The van der Waals surface area contributed by atoms with Gasteiger partial charge in [-0.05, 0) is 41.9 Å². The molecule has 0 bridgehead atoms. The van der Waals surface area contributed by atoms with Gasteiger partial charge < -0.3 is 14.6 Å². The number of ether oxygens (including phenoxy) is 1. The number of aromatic nitrogens is 3. The minimum absolute atomic E-state index is 0.0694. The third-order valence-corrected chi connectivity index (χ3v) is 2.95. The van der Waals surface area contributed by atoms with Gasteiger partial charge in [-0.25, -0.2) is 9.97 Å². The quantitative estimate of drug-likeness (QED) is 0.697. The van der Waals surface area contributed by atoms with Crippen molar-refractivity contribution in [1.82, 2.24) is 15.1 Å². The largest absolute Gasteiger partial charge is 0.573 e. The Hall–Kier alpha value is -2.81. The molecule has 6 nitrogen and oxygen atoms in total. The van der Waals surface area contributed by atoms with Crippen molar-refractivity contribution in [1.29, 1.82) is 0 Å². The van der Waals surface area contributed by atoms with E-state index in [2.05, 4.69) is 25.2 Å². The lowest BCUT2D eigenvalue weighted by Gasteiger charge is -2.08. The maximum absolute atomic E-state index is 12.1. The Morgan fingerprint density at radius 2 is 1.88 bits per heavy atom. The number of benzene rings is 1. The summed E-state index contributed by atoms with van der Waals surface area (Å²) in [6.07, 6.45) is -3.26. The predicted molar refractivity (Wildman–Crippen MR) is 78.9 cm³/mol. The summed E-state index contributed by atoms with van der Waals surface area (Å²) in [5, 5.41) is 6.74. The highest BCUT2D eigenvalue weighted by Crippen LogP contribution is 2.28. The number of rotatable bonds is 4. The average Bonchev–Trinajstić information content (AvgIpc) is 2.95. The second-order valence-corrected chi connectivity index (χ2v) is 4.82. The first-order valence-corrected chi connectivity index (χ1v) is 6.85. The molecule has 24 heavy (non-hydrogen) atoms. The Bertz CT molecular complexity index is 837. The monoisotopic (exact) mass is 356 g/mol. The van der Waals surface area contributed by atoms with Gasteiger partial charge in [-0.1, -0.05) is 5.16 Å². The van der Waals surface area contributed by atoms with Crippen molar-refractivity contribution in [3.8, 4) is 17.0 Å². The molecule has 0 saturated carbocycles. The van der Waals surface area contributed by atoms with Crippen LogP contribution in [-0.2, 0) is 0 Å². The Morgan fingerprint density at radius 3 is 2.54 bits per heavy atom. The second-order valence-electron chi connectivity index (χ2n) is 4.48. The summed E-state index contributed by atoms with van der Waals surface area (Å²) in [6, 6.07) is 8.39. The molecule has 0 saturated heterocycles. The summed E-state index contributed by atoms with van der Waals surface area (Å²) < 4.78 is 45.3. The lowest BCUT2D eigenvalue weighted by Crippen LogP contribution is -2.16. The number of anilines is 2. The molecule has 0 atom stereocenters. The van der Waals surface area contributed by atoms with Crippen LogP contribution in [0.1, 0.15) is 0 Å². The number of halogens is 4. The Balaban J connectivity index is 1.73. The highest BCUT2D eigenvalue weighted by atomic mass is 35.5. The smallest absolute Gasteiger partial charge is 0.406 e. The van der Waals surface area contributed by atoms with Crippen LogP contribution in [0.3, 0.4) is 0 Å². The zero-order valence-electron chi connectivity index (χ0n) is 11.7. The van der Waals surface area contributed by atoms with Crippen molar-refractivity contribution >= 4 is 23.3 Å². The molecular formula is C14H8ClF3N4O2. The van der Waals surface area contributed by atoms with Gasteiger partial charge in [0, 0.05) is 17.8 Å². The molecule has 2 aromatic heterocycles. The molecule has 3 aromatic rings. The third kappa shape index (κ3) is 4.13. The van der Waals surface area contributed by atoms with Gasteiger partial charge in [0.25, 0.3) is 0 Å². The fraction of sp³-hybridized carbons (Fsp3) is 0.0714. The Morgan fingerprint density at radius 1 is 1.12 bits per heavy atom. The summed E-state index contributed by atoms with van der Waals surface area (Å²) >= 11 is 5.67.